The molecular weight excluding hydrogens is 373 g/mol. The third-order valence-electron chi connectivity index (χ3n) is 6.18. The van der Waals surface area contributed by atoms with Gasteiger partial charge in [-0.25, -0.2) is 4.68 Å². The molecule has 1 aliphatic heterocycles. The van der Waals surface area contributed by atoms with Crippen LogP contribution in [0.25, 0.3) is 27.8 Å². The van der Waals surface area contributed by atoms with Crippen molar-refractivity contribution in [3.8, 4) is 16.9 Å². The van der Waals surface area contributed by atoms with Gasteiger partial charge >= 0.3 is 7.12 Å². The zero-order valence-corrected chi connectivity index (χ0v) is 17.7. The summed E-state index contributed by atoms with van der Waals surface area (Å²) in [5.74, 6) is 0. The second-order valence-electron chi connectivity index (χ2n) is 8.70. The van der Waals surface area contributed by atoms with Crippen molar-refractivity contribution < 1.29 is 9.31 Å². The number of fused-ring (bicyclic) bond motifs is 1. The smallest absolute Gasteiger partial charge is 0.399 e. The van der Waals surface area contributed by atoms with Crippen LogP contribution in [0.1, 0.15) is 27.7 Å². The van der Waals surface area contributed by atoms with Crippen LogP contribution in [0.15, 0.2) is 73.1 Å². The Hall–Kier alpha value is -2.96. The van der Waals surface area contributed by atoms with E-state index in [9.17, 15) is 0 Å². The second-order valence-corrected chi connectivity index (χ2v) is 8.70. The van der Waals surface area contributed by atoms with E-state index in [0.717, 1.165) is 33.3 Å². The van der Waals surface area contributed by atoms with Crippen LogP contribution in [0.4, 0.5) is 0 Å². The monoisotopic (exact) mass is 397 g/mol. The summed E-state index contributed by atoms with van der Waals surface area (Å²) in [6.07, 6.45) is 3.56. The fourth-order valence-corrected chi connectivity index (χ4v) is 3.77. The van der Waals surface area contributed by atoms with Gasteiger partial charge in [-0.1, -0.05) is 42.5 Å². The summed E-state index contributed by atoms with van der Waals surface area (Å²) in [5, 5.41) is 6.06. The predicted octanol–water partition coefficient (Wildman–Crippen LogP) is 4.39. The molecule has 2 aromatic heterocycles. The van der Waals surface area contributed by atoms with Crippen molar-refractivity contribution in [1.82, 2.24) is 14.8 Å². The first kappa shape index (κ1) is 19.0. The Morgan fingerprint density at radius 1 is 0.833 bits per heavy atom. The van der Waals surface area contributed by atoms with Crippen LogP contribution in [-0.2, 0) is 9.31 Å². The molecule has 2 aromatic carbocycles. The summed E-state index contributed by atoms with van der Waals surface area (Å²) in [5.41, 5.74) is 4.25. The maximum Gasteiger partial charge on any atom is 0.494 e. The standard InChI is InChI=1S/C24H24BN3O2/c1-23(2)24(3,4)30-25(29-23)18-9-7-8-17(16-18)22-20-10-5-6-11-21(20)28(27-22)19-12-14-26-15-13-19/h5-16H,1-4H3. The summed E-state index contributed by atoms with van der Waals surface area (Å²) in [6, 6.07) is 20.5. The van der Waals surface area contributed by atoms with Gasteiger partial charge in [0, 0.05) is 23.3 Å². The Labute approximate surface area is 176 Å². The van der Waals surface area contributed by atoms with Gasteiger partial charge in [-0.15, -0.1) is 0 Å². The number of hydrogen-bond acceptors (Lipinski definition) is 4. The predicted molar refractivity (Wildman–Crippen MR) is 120 cm³/mol. The molecule has 30 heavy (non-hydrogen) atoms. The van der Waals surface area contributed by atoms with Gasteiger partial charge in [0.25, 0.3) is 0 Å². The maximum absolute atomic E-state index is 6.25. The number of aromatic nitrogens is 3. The molecular formula is C24H24BN3O2. The van der Waals surface area contributed by atoms with Gasteiger partial charge < -0.3 is 9.31 Å². The van der Waals surface area contributed by atoms with Gasteiger partial charge in [-0.2, -0.15) is 5.10 Å². The quantitative estimate of drug-likeness (QED) is 0.482. The zero-order valence-electron chi connectivity index (χ0n) is 17.7. The molecule has 1 fully saturated rings. The van der Waals surface area contributed by atoms with Crippen molar-refractivity contribution >= 4 is 23.5 Å². The van der Waals surface area contributed by atoms with E-state index in [1.165, 1.54) is 0 Å². The van der Waals surface area contributed by atoms with Crippen LogP contribution in [-0.4, -0.2) is 33.1 Å². The van der Waals surface area contributed by atoms with Crippen molar-refractivity contribution in [2.24, 2.45) is 0 Å². The SMILES string of the molecule is CC1(C)OB(c2cccc(-c3nn(-c4ccncc4)c4ccccc34)c2)OC1(C)C. The summed E-state index contributed by atoms with van der Waals surface area (Å²) in [4.78, 5) is 4.13. The molecule has 5 nitrogen and oxygen atoms in total. The molecule has 5 rings (SSSR count). The highest BCUT2D eigenvalue weighted by Gasteiger charge is 2.51. The van der Waals surface area contributed by atoms with Crippen LogP contribution in [0.2, 0.25) is 0 Å². The topological polar surface area (TPSA) is 49.2 Å². The van der Waals surface area contributed by atoms with Crippen molar-refractivity contribution in [3.63, 3.8) is 0 Å². The van der Waals surface area contributed by atoms with Crippen LogP contribution >= 0.6 is 0 Å². The second kappa shape index (κ2) is 6.79. The first-order valence-electron chi connectivity index (χ1n) is 10.2. The molecule has 1 aliphatic rings. The Balaban J connectivity index is 1.60. The van der Waals surface area contributed by atoms with Crippen molar-refractivity contribution in [2.45, 2.75) is 38.9 Å². The Kier molecular flexibility index (Phi) is 4.31. The average molecular weight is 397 g/mol. The molecule has 0 N–H and O–H groups in total. The van der Waals surface area contributed by atoms with Gasteiger partial charge in [-0.05, 0) is 51.4 Å². The van der Waals surface area contributed by atoms with E-state index >= 15 is 0 Å². The molecule has 6 heteroatoms. The minimum Gasteiger partial charge on any atom is -0.399 e. The Morgan fingerprint density at radius 3 is 2.27 bits per heavy atom. The third kappa shape index (κ3) is 3.04. The lowest BCUT2D eigenvalue weighted by Gasteiger charge is -2.32. The molecule has 0 radical (unpaired) electrons. The van der Waals surface area contributed by atoms with E-state index in [0.29, 0.717) is 0 Å². The zero-order chi connectivity index (χ0) is 20.9. The van der Waals surface area contributed by atoms with Gasteiger partial charge in [-0.3, -0.25) is 4.98 Å². The summed E-state index contributed by atoms with van der Waals surface area (Å²) >= 11 is 0. The molecule has 3 heterocycles. The third-order valence-corrected chi connectivity index (χ3v) is 6.18. The number of pyridine rings is 1. The minimum atomic E-state index is -0.400. The summed E-state index contributed by atoms with van der Waals surface area (Å²) in [7, 11) is -0.400. The highest BCUT2D eigenvalue weighted by molar-refractivity contribution is 6.62. The van der Waals surface area contributed by atoms with Crippen LogP contribution < -0.4 is 5.46 Å². The highest BCUT2D eigenvalue weighted by Crippen LogP contribution is 2.37. The lowest BCUT2D eigenvalue weighted by atomic mass is 9.78. The summed E-state index contributed by atoms with van der Waals surface area (Å²) < 4.78 is 14.5. The van der Waals surface area contributed by atoms with Gasteiger partial charge in [0.1, 0.15) is 5.69 Å². The first-order valence-corrected chi connectivity index (χ1v) is 10.2. The molecule has 4 aromatic rings. The van der Waals surface area contributed by atoms with Crippen LogP contribution in [0.5, 0.6) is 0 Å². The van der Waals surface area contributed by atoms with Crippen molar-refractivity contribution in [2.75, 3.05) is 0 Å². The Morgan fingerprint density at radius 2 is 1.53 bits per heavy atom. The van der Waals surface area contributed by atoms with Crippen LogP contribution in [0, 0.1) is 0 Å². The molecule has 1 saturated heterocycles. The maximum atomic E-state index is 6.25. The minimum absolute atomic E-state index is 0.372. The van der Waals surface area contributed by atoms with Crippen molar-refractivity contribution in [1.29, 1.82) is 0 Å². The van der Waals surface area contributed by atoms with Gasteiger partial charge in [0.2, 0.25) is 0 Å². The lowest BCUT2D eigenvalue weighted by molar-refractivity contribution is 0.00578. The molecule has 0 amide bonds. The molecule has 150 valence electrons. The number of benzene rings is 2. The number of rotatable bonds is 3. The van der Waals surface area contributed by atoms with E-state index in [4.69, 9.17) is 14.4 Å². The van der Waals surface area contributed by atoms with Crippen molar-refractivity contribution in [3.05, 3.63) is 73.1 Å². The fourth-order valence-electron chi connectivity index (χ4n) is 3.77. The molecule has 0 atom stereocenters. The van der Waals surface area contributed by atoms with Gasteiger partial charge in [0.15, 0.2) is 0 Å². The largest absolute Gasteiger partial charge is 0.494 e. The average Bonchev–Trinajstić information content (AvgIpc) is 3.23. The van der Waals surface area contributed by atoms with Gasteiger partial charge in [0.05, 0.1) is 22.4 Å². The number of nitrogens with zero attached hydrogens (tertiary/aromatic N) is 3. The van der Waals surface area contributed by atoms with E-state index in [1.807, 2.05) is 41.1 Å². The molecule has 0 spiro atoms. The van der Waals surface area contributed by atoms with E-state index in [2.05, 4.69) is 56.9 Å². The number of para-hydroxylation sites is 1. The first-order chi connectivity index (χ1) is 14.4. The molecule has 0 saturated carbocycles. The lowest BCUT2D eigenvalue weighted by Crippen LogP contribution is -2.41. The molecule has 0 bridgehead atoms. The van der Waals surface area contributed by atoms with Crippen LogP contribution in [0.3, 0.4) is 0 Å². The normalized spacial score (nSPS) is 17.5. The fraction of sp³-hybridized carbons (Fsp3) is 0.250. The Bertz CT molecular complexity index is 1200. The van der Waals surface area contributed by atoms with E-state index in [1.54, 1.807) is 12.4 Å². The summed E-state index contributed by atoms with van der Waals surface area (Å²) in [6.45, 7) is 8.28. The highest BCUT2D eigenvalue weighted by atomic mass is 16.7. The number of hydrogen-bond donors (Lipinski definition) is 0. The van der Waals surface area contributed by atoms with E-state index < -0.39 is 7.12 Å². The van der Waals surface area contributed by atoms with E-state index in [-0.39, 0.29) is 11.2 Å². The molecule has 0 unspecified atom stereocenters. The molecule has 0 aliphatic carbocycles.